The van der Waals surface area contributed by atoms with E-state index >= 15 is 0 Å². The van der Waals surface area contributed by atoms with Crippen LogP contribution in [0.15, 0.2) is 109 Å². The molecule has 1 spiro atoms. The van der Waals surface area contributed by atoms with E-state index in [0.717, 1.165) is 11.8 Å². The molecule has 5 aromatic rings. The molecule has 11 rings (SSSR count). The predicted molar refractivity (Wildman–Crippen MR) is 224 cm³/mol. The summed E-state index contributed by atoms with van der Waals surface area (Å²) in [5.41, 5.74) is 17.6. The van der Waals surface area contributed by atoms with Crippen molar-refractivity contribution in [3.8, 4) is 22.3 Å². The Balaban J connectivity index is 1.26. The summed E-state index contributed by atoms with van der Waals surface area (Å²) in [7, 11) is 0. The Morgan fingerprint density at radius 1 is 0.509 bits per heavy atom. The molecule has 0 amide bonds. The third-order valence-corrected chi connectivity index (χ3v) is 15.1. The first kappa shape index (κ1) is 33.5. The Bertz CT molecular complexity index is 2200. The molecule has 4 fully saturated rings. The quantitative estimate of drug-likeness (QED) is 0.181. The molecule has 0 atom stereocenters. The van der Waals surface area contributed by atoms with Gasteiger partial charge in [-0.05, 0) is 171 Å². The maximum absolute atomic E-state index is 2.69. The van der Waals surface area contributed by atoms with Crippen LogP contribution in [0.5, 0.6) is 0 Å². The maximum Gasteiger partial charge on any atom is 0.0471 e. The lowest BCUT2D eigenvalue weighted by Crippen LogP contribution is -2.55. The van der Waals surface area contributed by atoms with E-state index in [1.165, 1.54) is 101 Å². The number of hydrogen-bond acceptors (Lipinski definition) is 1. The molecule has 1 nitrogen and oxygen atoms in total. The van der Waals surface area contributed by atoms with E-state index in [2.05, 4.69) is 163 Å². The molecule has 0 radical (unpaired) electrons. The summed E-state index contributed by atoms with van der Waals surface area (Å²) >= 11 is 0. The SMILES string of the molecule is CC(C)(C)c1ccc(-c2cc(N(c3ccccc3)c3ccc4c(c3)C(C)(C)CCC4(C)C)cc3c2-c2ccccc2C32C3CC4CC(C3)CC2C4)cc1. The standard InChI is InChI=1S/C52H57N/c1-49(2,3)36-19-17-35(18-20-36)43-30-41(53(39-13-9-8-10-14-39)40-21-22-45-46(31-40)51(6,7)24-23-50(45,4)5)32-47-48(43)42-15-11-12-16-44(42)52(47)37-26-33-25-34(28-37)29-38(52)27-33/h8-22,30-34,37-38H,23-29H2,1-7H3. The van der Waals surface area contributed by atoms with Crippen LogP contribution in [0.2, 0.25) is 0 Å². The minimum absolute atomic E-state index is 0.0830. The van der Waals surface area contributed by atoms with E-state index < -0.39 is 0 Å². The maximum atomic E-state index is 2.69. The van der Waals surface area contributed by atoms with Gasteiger partial charge in [0.15, 0.2) is 0 Å². The van der Waals surface area contributed by atoms with Crippen molar-refractivity contribution >= 4 is 17.1 Å². The van der Waals surface area contributed by atoms with Crippen molar-refractivity contribution in [2.24, 2.45) is 23.7 Å². The van der Waals surface area contributed by atoms with Crippen LogP contribution in [-0.2, 0) is 21.7 Å². The second-order valence-corrected chi connectivity index (χ2v) is 20.1. The van der Waals surface area contributed by atoms with E-state index in [1.54, 1.807) is 11.1 Å². The van der Waals surface area contributed by atoms with Gasteiger partial charge in [0.25, 0.3) is 0 Å². The molecule has 270 valence electrons. The van der Waals surface area contributed by atoms with Crippen LogP contribution in [0.1, 0.15) is 121 Å². The van der Waals surface area contributed by atoms with Gasteiger partial charge >= 0.3 is 0 Å². The fourth-order valence-electron chi connectivity index (χ4n) is 12.5. The van der Waals surface area contributed by atoms with Gasteiger partial charge in [-0.3, -0.25) is 0 Å². The second kappa shape index (κ2) is 11.5. The van der Waals surface area contributed by atoms with Crippen LogP contribution in [0.25, 0.3) is 22.3 Å². The number of anilines is 3. The fraction of sp³-hybridized carbons (Fsp3) is 0.423. The van der Waals surface area contributed by atoms with E-state index in [9.17, 15) is 0 Å². The van der Waals surface area contributed by atoms with Crippen molar-refractivity contribution in [1.82, 2.24) is 0 Å². The lowest BCUT2D eigenvalue weighted by Gasteiger charge is -2.61. The van der Waals surface area contributed by atoms with Gasteiger partial charge in [0.1, 0.15) is 0 Å². The summed E-state index contributed by atoms with van der Waals surface area (Å²) in [6.07, 6.45) is 9.45. The number of para-hydroxylation sites is 1. The third kappa shape index (κ3) is 4.94. The van der Waals surface area contributed by atoms with E-state index in [0.29, 0.717) is 11.8 Å². The van der Waals surface area contributed by atoms with Crippen LogP contribution in [0, 0.1) is 23.7 Å². The van der Waals surface area contributed by atoms with Gasteiger partial charge in [0, 0.05) is 22.5 Å². The lowest BCUT2D eigenvalue weighted by atomic mass is 9.43. The molecule has 6 aliphatic rings. The van der Waals surface area contributed by atoms with Gasteiger partial charge in [0.2, 0.25) is 0 Å². The average Bonchev–Trinajstić information content (AvgIpc) is 3.43. The molecule has 4 saturated carbocycles. The van der Waals surface area contributed by atoms with Crippen molar-refractivity contribution in [1.29, 1.82) is 0 Å². The second-order valence-electron chi connectivity index (χ2n) is 20.1. The van der Waals surface area contributed by atoms with Gasteiger partial charge in [-0.25, -0.2) is 0 Å². The zero-order valence-corrected chi connectivity index (χ0v) is 33.1. The summed E-state index contributed by atoms with van der Waals surface area (Å²) in [4.78, 5) is 2.60. The number of rotatable bonds is 4. The number of hydrogen-bond donors (Lipinski definition) is 0. The molecule has 0 aromatic heterocycles. The molecule has 53 heavy (non-hydrogen) atoms. The van der Waals surface area contributed by atoms with Gasteiger partial charge < -0.3 is 4.90 Å². The zero-order valence-electron chi connectivity index (χ0n) is 33.1. The van der Waals surface area contributed by atoms with E-state index in [4.69, 9.17) is 0 Å². The van der Waals surface area contributed by atoms with E-state index in [1.807, 2.05) is 0 Å². The minimum atomic E-state index is 0.0830. The van der Waals surface area contributed by atoms with Crippen molar-refractivity contribution in [2.45, 2.75) is 115 Å². The van der Waals surface area contributed by atoms with Crippen LogP contribution in [0.4, 0.5) is 17.1 Å². The summed E-state index contributed by atoms with van der Waals surface area (Å²) in [5.74, 6) is 3.25. The first-order valence-corrected chi connectivity index (χ1v) is 20.7. The molecule has 0 aliphatic heterocycles. The predicted octanol–water partition coefficient (Wildman–Crippen LogP) is 14.2. The van der Waals surface area contributed by atoms with E-state index in [-0.39, 0.29) is 21.7 Å². The Hall–Kier alpha value is -4.10. The average molecular weight is 696 g/mol. The number of fused-ring (bicyclic) bond motifs is 4. The molecular formula is C52H57N. The fourth-order valence-corrected chi connectivity index (χ4v) is 12.5. The Kier molecular flexibility index (Phi) is 7.23. The highest BCUT2D eigenvalue weighted by atomic mass is 15.1. The monoisotopic (exact) mass is 695 g/mol. The smallest absolute Gasteiger partial charge is 0.0471 e. The van der Waals surface area contributed by atoms with Gasteiger partial charge in [-0.2, -0.15) is 0 Å². The van der Waals surface area contributed by atoms with Crippen molar-refractivity contribution in [3.63, 3.8) is 0 Å². The summed E-state index contributed by atoms with van der Waals surface area (Å²) < 4.78 is 0. The van der Waals surface area contributed by atoms with Crippen LogP contribution in [-0.4, -0.2) is 0 Å². The lowest BCUT2D eigenvalue weighted by molar-refractivity contribution is -0.0399. The van der Waals surface area contributed by atoms with Crippen LogP contribution in [0.3, 0.4) is 0 Å². The highest BCUT2D eigenvalue weighted by Gasteiger charge is 2.62. The normalized spacial score (nSPS) is 27.0. The first-order valence-electron chi connectivity index (χ1n) is 20.7. The largest absolute Gasteiger partial charge is 0.310 e. The van der Waals surface area contributed by atoms with Crippen LogP contribution >= 0.6 is 0 Å². The zero-order chi connectivity index (χ0) is 36.5. The minimum Gasteiger partial charge on any atom is -0.310 e. The third-order valence-electron chi connectivity index (χ3n) is 15.1. The topological polar surface area (TPSA) is 3.24 Å². The molecule has 1 heteroatoms. The molecule has 0 heterocycles. The number of benzene rings is 5. The van der Waals surface area contributed by atoms with Crippen molar-refractivity contribution < 1.29 is 0 Å². The molecule has 0 unspecified atom stereocenters. The van der Waals surface area contributed by atoms with Crippen molar-refractivity contribution in [3.05, 3.63) is 137 Å². The summed E-state index contributed by atoms with van der Waals surface area (Å²) in [6, 6.07) is 43.1. The molecule has 5 aromatic carbocycles. The highest BCUT2D eigenvalue weighted by molar-refractivity contribution is 5.96. The first-order chi connectivity index (χ1) is 25.3. The van der Waals surface area contributed by atoms with Crippen LogP contribution < -0.4 is 4.90 Å². The number of nitrogens with zero attached hydrogens (tertiary/aromatic N) is 1. The molecular weight excluding hydrogens is 639 g/mol. The van der Waals surface area contributed by atoms with Gasteiger partial charge in [-0.15, -0.1) is 0 Å². The molecule has 4 bridgehead atoms. The van der Waals surface area contributed by atoms with Gasteiger partial charge in [0.05, 0.1) is 0 Å². The summed E-state index contributed by atoms with van der Waals surface area (Å²) in [5, 5.41) is 0. The Morgan fingerprint density at radius 2 is 1.11 bits per heavy atom. The Labute approximate surface area is 318 Å². The van der Waals surface area contributed by atoms with Gasteiger partial charge in [-0.1, -0.05) is 121 Å². The highest BCUT2D eigenvalue weighted by Crippen LogP contribution is 2.70. The van der Waals surface area contributed by atoms with Crippen molar-refractivity contribution in [2.75, 3.05) is 4.90 Å². The molecule has 0 N–H and O–H groups in total. The summed E-state index contributed by atoms with van der Waals surface area (Å²) in [6.45, 7) is 16.8. The Morgan fingerprint density at radius 3 is 1.77 bits per heavy atom. The molecule has 0 saturated heterocycles. The molecule has 6 aliphatic carbocycles.